The van der Waals surface area contributed by atoms with E-state index in [1.165, 1.54) is 38.9 Å². The molecule has 0 radical (unpaired) electrons. The third kappa shape index (κ3) is 2.68. The van der Waals surface area contributed by atoms with Crippen LogP contribution in [-0.4, -0.2) is 33.0 Å². The largest absolute Gasteiger partial charge is 0.345 e. The van der Waals surface area contributed by atoms with Crippen LogP contribution < -0.4 is 0 Å². The van der Waals surface area contributed by atoms with Gasteiger partial charge >= 0.3 is 0 Å². The van der Waals surface area contributed by atoms with Gasteiger partial charge in [-0.3, -0.25) is 0 Å². The predicted octanol–water partition coefficient (Wildman–Crippen LogP) is 4.83. The Labute approximate surface area is 159 Å². The van der Waals surface area contributed by atoms with Crippen LogP contribution in [0, 0.1) is 6.92 Å². The summed E-state index contributed by atoms with van der Waals surface area (Å²) in [6.45, 7) is 6.49. The molecule has 0 atom stereocenters. The van der Waals surface area contributed by atoms with Crippen molar-refractivity contribution < 1.29 is 0 Å². The molecule has 0 spiro atoms. The number of rotatable bonds is 2. The monoisotopic (exact) mass is 356 g/mol. The van der Waals surface area contributed by atoms with Crippen LogP contribution in [0.5, 0.6) is 0 Å². The molecule has 4 aromatic rings. The fraction of sp³-hybridized carbons (Fsp3) is 0.261. The molecule has 1 N–H and O–H groups in total. The zero-order chi connectivity index (χ0) is 18.5. The summed E-state index contributed by atoms with van der Waals surface area (Å²) in [6.07, 6.45) is 5.14. The number of H-pyrrole nitrogens is 1. The molecule has 2 aromatic heterocycles. The van der Waals surface area contributed by atoms with Crippen molar-refractivity contribution in [3.63, 3.8) is 0 Å². The maximum atomic E-state index is 4.40. The number of likely N-dealkylation sites (N-methyl/N-ethyl adjacent to an activating group) is 1. The van der Waals surface area contributed by atoms with E-state index in [-0.39, 0.29) is 0 Å². The van der Waals surface area contributed by atoms with Crippen LogP contribution in [-0.2, 0) is 13.0 Å². The summed E-state index contributed by atoms with van der Waals surface area (Å²) in [5.74, 6) is 0. The first-order valence-corrected chi connectivity index (χ1v) is 9.53. The van der Waals surface area contributed by atoms with Crippen molar-refractivity contribution in [3.05, 3.63) is 65.1 Å². The van der Waals surface area contributed by atoms with Gasteiger partial charge in [-0.15, -0.1) is 0 Å². The van der Waals surface area contributed by atoms with Gasteiger partial charge in [-0.25, -0.2) is 4.98 Å². The van der Waals surface area contributed by atoms with Crippen LogP contribution in [0.4, 0.5) is 0 Å². The molecule has 0 aliphatic carbocycles. The van der Waals surface area contributed by atoms with E-state index in [9.17, 15) is 0 Å². The molecule has 3 heterocycles. The average Bonchev–Trinajstić information content (AvgIpc) is 3.24. The van der Waals surface area contributed by atoms with E-state index in [1.54, 1.807) is 6.33 Å². The minimum Gasteiger partial charge on any atom is -0.345 e. The quantitative estimate of drug-likeness (QED) is 0.558. The molecule has 4 heteroatoms. The number of allylic oxidation sites excluding steroid dienone is 1. The van der Waals surface area contributed by atoms with Crippen LogP contribution in [0.2, 0.25) is 0 Å². The van der Waals surface area contributed by atoms with E-state index in [0.29, 0.717) is 0 Å². The second-order valence-corrected chi connectivity index (χ2v) is 7.75. The van der Waals surface area contributed by atoms with E-state index in [2.05, 4.69) is 82.9 Å². The highest BCUT2D eigenvalue weighted by Gasteiger charge is 2.21. The number of imidazole rings is 1. The Morgan fingerprint density at radius 3 is 2.96 bits per heavy atom. The molecule has 1 aliphatic heterocycles. The third-order valence-electron chi connectivity index (χ3n) is 5.73. The standard InChI is InChI=1S/C23H24N4/c1-15-4-7-22-18(10-15)19-13-26(3)9-8-23(19)27(22)12-16(2)17-5-6-20-21(11-17)25-14-24-20/h4-7,10-12,14H,8-9,13H2,1-3H3,(H,24,25)/b16-12+. The lowest BCUT2D eigenvalue weighted by Gasteiger charge is -2.23. The van der Waals surface area contributed by atoms with Crippen LogP contribution in [0.15, 0.2) is 42.7 Å². The van der Waals surface area contributed by atoms with Gasteiger partial charge in [-0.05, 0) is 61.9 Å². The number of hydrogen-bond donors (Lipinski definition) is 1. The summed E-state index contributed by atoms with van der Waals surface area (Å²) in [4.78, 5) is 9.98. The van der Waals surface area contributed by atoms with Crippen LogP contribution in [0.25, 0.3) is 33.7 Å². The van der Waals surface area contributed by atoms with Gasteiger partial charge in [0, 0.05) is 36.8 Å². The molecule has 5 rings (SSSR count). The Morgan fingerprint density at radius 1 is 1.19 bits per heavy atom. The zero-order valence-corrected chi connectivity index (χ0v) is 16.1. The first-order valence-electron chi connectivity index (χ1n) is 9.53. The molecule has 0 amide bonds. The highest BCUT2D eigenvalue weighted by molar-refractivity contribution is 5.91. The number of fused-ring (bicyclic) bond motifs is 4. The number of nitrogens with one attached hydrogen (secondary N) is 1. The number of nitrogens with zero attached hydrogens (tertiary/aromatic N) is 3. The topological polar surface area (TPSA) is 36.9 Å². The van der Waals surface area contributed by atoms with E-state index in [4.69, 9.17) is 0 Å². The first kappa shape index (κ1) is 16.3. The van der Waals surface area contributed by atoms with E-state index in [0.717, 1.165) is 30.5 Å². The summed E-state index contributed by atoms with van der Waals surface area (Å²) in [5, 5.41) is 1.39. The summed E-state index contributed by atoms with van der Waals surface area (Å²) in [7, 11) is 2.21. The van der Waals surface area contributed by atoms with Crippen molar-refractivity contribution >= 4 is 33.7 Å². The molecular formula is C23H24N4. The third-order valence-corrected chi connectivity index (χ3v) is 5.73. The molecule has 27 heavy (non-hydrogen) atoms. The first-order chi connectivity index (χ1) is 13.1. The Bertz CT molecular complexity index is 1190. The second kappa shape index (κ2) is 6.10. The van der Waals surface area contributed by atoms with Gasteiger partial charge in [0.1, 0.15) is 0 Å². The van der Waals surface area contributed by atoms with Crippen molar-refractivity contribution in [2.45, 2.75) is 26.8 Å². The number of aromatic amines is 1. The highest BCUT2D eigenvalue weighted by Crippen LogP contribution is 2.33. The average molecular weight is 356 g/mol. The van der Waals surface area contributed by atoms with Gasteiger partial charge in [0.15, 0.2) is 0 Å². The fourth-order valence-electron chi connectivity index (χ4n) is 4.23. The van der Waals surface area contributed by atoms with E-state index in [1.807, 2.05) is 0 Å². The van der Waals surface area contributed by atoms with Gasteiger partial charge in [0.05, 0.1) is 22.9 Å². The van der Waals surface area contributed by atoms with Gasteiger partial charge in [0.2, 0.25) is 0 Å². The fourth-order valence-corrected chi connectivity index (χ4v) is 4.23. The van der Waals surface area contributed by atoms with Gasteiger partial charge in [-0.1, -0.05) is 17.7 Å². The predicted molar refractivity (Wildman–Crippen MR) is 113 cm³/mol. The van der Waals surface area contributed by atoms with E-state index >= 15 is 0 Å². The molecule has 1 aliphatic rings. The molecule has 0 saturated heterocycles. The Balaban J connectivity index is 1.69. The number of benzene rings is 2. The molecule has 0 bridgehead atoms. The second-order valence-electron chi connectivity index (χ2n) is 7.75. The molecular weight excluding hydrogens is 332 g/mol. The van der Waals surface area contributed by atoms with Crippen LogP contribution in [0.3, 0.4) is 0 Å². The Hall–Kier alpha value is -2.85. The van der Waals surface area contributed by atoms with Crippen LogP contribution >= 0.6 is 0 Å². The number of aromatic nitrogens is 3. The molecule has 0 fully saturated rings. The zero-order valence-electron chi connectivity index (χ0n) is 16.1. The molecule has 0 unspecified atom stereocenters. The van der Waals surface area contributed by atoms with E-state index < -0.39 is 0 Å². The maximum Gasteiger partial charge on any atom is 0.0931 e. The highest BCUT2D eigenvalue weighted by atomic mass is 15.1. The summed E-state index contributed by atoms with van der Waals surface area (Å²) in [5.41, 5.74) is 10.1. The molecule has 0 saturated carbocycles. The minimum atomic E-state index is 1.01. The molecule has 4 nitrogen and oxygen atoms in total. The smallest absolute Gasteiger partial charge is 0.0931 e. The van der Waals surface area contributed by atoms with Crippen molar-refractivity contribution in [2.75, 3.05) is 13.6 Å². The Kier molecular flexibility index (Phi) is 3.69. The molecule has 136 valence electrons. The van der Waals surface area contributed by atoms with Crippen molar-refractivity contribution in [2.24, 2.45) is 0 Å². The summed E-state index contributed by atoms with van der Waals surface area (Å²) >= 11 is 0. The Morgan fingerprint density at radius 2 is 2.07 bits per heavy atom. The van der Waals surface area contributed by atoms with Crippen LogP contribution in [0.1, 0.15) is 29.3 Å². The van der Waals surface area contributed by atoms with Crippen molar-refractivity contribution in [1.82, 2.24) is 19.4 Å². The summed E-state index contributed by atoms with van der Waals surface area (Å²) in [6, 6.07) is 13.3. The maximum absolute atomic E-state index is 4.40. The lowest BCUT2D eigenvalue weighted by atomic mass is 10.0. The normalized spacial score (nSPS) is 15.6. The van der Waals surface area contributed by atoms with Crippen molar-refractivity contribution in [3.8, 4) is 0 Å². The summed E-state index contributed by atoms with van der Waals surface area (Å²) < 4.78 is 2.42. The SMILES string of the molecule is C/C(=C\n1c2c(c3cc(C)ccc31)CN(C)CC2)c1ccc2[nH]cnc2c1. The van der Waals surface area contributed by atoms with Gasteiger partial charge in [-0.2, -0.15) is 0 Å². The van der Waals surface area contributed by atoms with Crippen molar-refractivity contribution in [1.29, 1.82) is 0 Å². The van der Waals surface area contributed by atoms with Gasteiger partial charge in [0.25, 0.3) is 0 Å². The number of aryl methyl sites for hydroxylation is 1. The lowest BCUT2D eigenvalue weighted by Crippen LogP contribution is -2.26. The van der Waals surface area contributed by atoms with Gasteiger partial charge < -0.3 is 14.5 Å². The molecule has 2 aromatic carbocycles. The minimum absolute atomic E-state index is 1.01. The lowest BCUT2D eigenvalue weighted by molar-refractivity contribution is 0.312. The number of hydrogen-bond acceptors (Lipinski definition) is 2.